The molecule has 0 radical (unpaired) electrons. The lowest BCUT2D eigenvalue weighted by Crippen LogP contribution is -2.57. The van der Waals surface area contributed by atoms with Crippen molar-refractivity contribution in [2.24, 2.45) is 0 Å². The molecule has 2 heterocycles. The van der Waals surface area contributed by atoms with Crippen LogP contribution in [0.4, 0.5) is 0 Å². The van der Waals surface area contributed by atoms with Crippen LogP contribution < -0.4 is 5.32 Å². The lowest BCUT2D eigenvalue weighted by atomic mass is 10.1. The summed E-state index contributed by atoms with van der Waals surface area (Å²) in [5.74, 6) is 0. The number of piperazine rings is 1. The van der Waals surface area contributed by atoms with E-state index in [-0.39, 0.29) is 18.3 Å². The van der Waals surface area contributed by atoms with Crippen LogP contribution in [-0.4, -0.2) is 84.6 Å². The number of β-amino-alcohol motifs (C(OH)–C–C–N with tert-alkyl or cyclic N) is 1. The summed E-state index contributed by atoms with van der Waals surface area (Å²) in [6, 6.07) is 1.02. The van der Waals surface area contributed by atoms with Gasteiger partial charge in [0.05, 0.1) is 18.3 Å². The van der Waals surface area contributed by atoms with Crippen LogP contribution >= 0.6 is 0 Å². The topological polar surface area (TPSA) is 48.0 Å². The molecule has 0 aromatic heterocycles. The number of nitrogens with zero attached hydrogens (tertiary/aromatic N) is 2. The molecular formula is C15H31N3O2. The van der Waals surface area contributed by atoms with E-state index in [4.69, 9.17) is 4.74 Å². The summed E-state index contributed by atoms with van der Waals surface area (Å²) in [4.78, 5) is 4.74. The number of nitrogens with one attached hydrogen (secondary N) is 1. The summed E-state index contributed by atoms with van der Waals surface area (Å²) in [5.41, 5.74) is 0. The number of hydrogen-bond acceptors (Lipinski definition) is 5. The number of aliphatic hydroxyl groups is 1. The lowest BCUT2D eigenvalue weighted by molar-refractivity contribution is -0.0789. The predicted molar refractivity (Wildman–Crippen MR) is 81.0 cm³/mol. The molecule has 0 amide bonds. The van der Waals surface area contributed by atoms with E-state index in [1.165, 1.54) is 0 Å². The molecule has 20 heavy (non-hydrogen) atoms. The monoisotopic (exact) mass is 285 g/mol. The zero-order valence-electron chi connectivity index (χ0n) is 13.4. The minimum atomic E-state index is -0.278. The minimum absolute atomic E-state index is 0.268. The molecule has 0 aromatic rings. The molecule has 118 valence electrons. The van der Waals surface area contributed by atoms with Crippen LogP contribution in [0.25, 0.3) is 0 Å². The lowest BCUT2D eigenvalue weighted by Gasteiger charge is -2.40. The van der Waals surface area contributed by atoms with Crippen LogP contribution in [0.5, 0.6) is 0 Å². The third-order valence-electron chi connectivity index (χ3n) is 4.30. The summed E-state index contributed by atoms with van der Waals surface area (Å²) in [6.07, 6.45) is 0.258. The second-order valence-electron chi connectivity index (χ2n) is 6.74. The highest BCUT2D eigenvalue weighted by molar-refractivity contribution is 4.84. The molecule has 2 aliphatic heterocycles. The van der Waals surface area contributed by atoms with Crippen molar-refractivity contribution in [3.63, 3.8) is 0 Å². The quantitative estimate of drug-likeness (QED) is 0.769. The molecule has 0 aromatic carbocycles. The summed E-state index contributed by atoms with van der Waals surface area (Å²) in [5, 5.41) is 13.9. The molecule has 5 heteroatoms. The molecule has 5 nitrogen and oxygen atoms in total. The maximum atomic E-state index is 10.4. The molecule has 5 atom stereocenters. The van der Waals surface area contributed by atoms with E-state index in [9.17, 15) is 5.11 Å². The molecule has 2 aliphatic rings. The fourth-order valence-corrected chi connectivity index (χ4v) is 3.41. The van der Waals surface area contributed by atoms with Crippen molar-refractivity contribution in [2.45, 2.75) is 58.1 Å². The minimum Gasteiger partial charge on any atom is -0.390 e. The molecule has 2 fully saturated rings. The Bertz CT molecular complexity index is 293. The van der Waals surface area contributed by atoms with E-state index in [0.717, 1.165) is 39.3 Å². The van der Waals surface area contributed by atoms with Crippen molar-refractivity contribution in [3.8, 4) is 0 Å². The zero-order valence-corrected chi connectivity index (χ0v) is 13.4. The van der Waals surface area contributed by atoms with E-state index >= 15 is 0 Å². The molecule has 0 bridgehead atoms. The van der Waals surface area contributed by atoms with Crippen molar-refractivity contribution in [1.82, 2.24) is 15.1 Å². The molecule has 2 N–H and O–H groups in total. The van der Waals surface area contributed by atoms with Gasteiger partial charge in [-0.15, -0.1) is 0 Å². The van der Waals surface area contributed by atoms with Gasteiger partial charge in [-0.1, -0.05) is 0 Å². The Morgan fingerprint density at radius 1 is 1.10 bits per heavy atom. The van der Waals surface area contributed by atoms with Crippen LogP contribution in [0.3, 0.4) is 0 Å². The summed E-state index contributed by atoms with van der Waals surface area (Å²) >= 11 is 0. The normalized spacial score (nSPS) is 38.9. The number of aliphatic hydroxyl groups excluding tert-OH is 1. The Hall–Kier alpha value is -0.200. The van der Waals surface area contributed by atoms with E-state index in [0.29, 0.717) is 12.1 Å². The van der Waals surface area contributed by atoms with Gasteiger partial charge in [0, 0.05) is 51.4 Å². The van der Waals surface area contributed by atoms with E-state index < -0.39 is 0 Å². The van der Waals surface area contributed by atoms with Crippen LogP contribution in [0.15, 0.2) is 0 Å². The van der Waals surface area contributed by atoms with Crippen molar-refractivity contribution < 1.29 is 9.84 Å². The first-order valence-electron chi connectivity index (χ1n) is 7.97. The standard InChI is InChI=1S/C15H31N3O2/c1-11-6-18(12(2)5-16-11)10-15(19)9-17-7-13(3)20-14(4)8-17/h11-16,19H,5-10H2,1-4H3. The van der Waals surface area contributed by atoms with Gasteiger partial charge in [-0.25, -0.2) is 0 Å². The van der Waals surface area contributed by atoms with Crippen molar-refractivity contribution in [3.05, 3.63) is 0 Å². The van der Waals surface area contributed by atoms with Gasteiger partial charge >= 0.3 is 0 Å². The maximum Gasteiger partial charge on any atom is 0.0793 e. The Kier molecular flexibility index (Phi) is 5.81. The number of rotatable bonds is 4. The van der Waals surface area contributed by atoms with Gasteiger partial charge in [-0.05, 0) is 27.7 Å². The maximum absolute atomic E-state index is 10.4. The van der Waals surface area contributed by atoms with Crippen LogP contribution in [-0.2, 0) is 4.74 Å². The van der Waals surface area contributed by atoms with Gasteiger partial charge in [0.15, 0.2) is 0 Å². The van der Waals surface area contributed by atoms with Gasteiger partial charge in [-0.2, -0.15) is 0 Å². The SMILES string of the molecule is CC1CN(CC(O)CN2CC(C)OC(C)C2)C(C)CN1. The second kappa shape index (κ2) is 7.18. The highest BCUT2D eigenvalue weighted by Gasteiger charge is 2.27. The summed E-state index contributed by atoms with van der Waals surface area (Å²) < 4.78 is 5.74. The van der Waals surface area contributed by atoms with E-state index in [2.05, 4.69) is 42.8 Å². The van der Waals surface area contributed by atoms with E-state index in [1.54, 1.807) is 0 Å². The Morgan fingerprint density at radius 2 is 1.75 bits per heavy atom. The fraction of sp³-hybridized carbons (Fsp3) is 1.00. The average Bonchev–Trinajstić information content (AvgIpc) is 2.32. The highest BCUT2D eigenvalue weighted by atomic mass is 16.5. The van der Waals surface area contributed by atoms with Gasteiger partial charge in [0.2, 0.25) is 0 Å². The van der Waals surface area contributed by atoms with Crippen molar-refractivity contribution >= 4 is 0 Å². The molecular weight excluding hydrogens is 254 g/mol. The smallest absolute Gasteiger partial charge is 0.0793 e. The van der Waals surface area contributed by atoms with Crippen molar-refractivity contribution in [2.75, 3.05) is 39.3 Å². The van der Waals surface area contributed by atoms with Gasteiger partial charge in [0.1, 0.15) is 0 Å². The molecule has 2 rings (SSSR count). The third kappa shape index (κ3) is 4.67. The molecule has 5 unspecified atom stereocenters. The Morgan fingerprint density at radius 3 is 2.40 bits per heavy atom. The van der Waals surface area contributed by atoms with Gasteiger partial charge in [0.25, 0.3) is 0 Å². The average molecular weight is 285 g/mol. The van der Waals surface area contributed by atoms with Gasteiger partial charge in [-0.3, -0.25) is 9.80 Å². The summed E-state index contributed by atoms with van der Waals surface area (Å²) in [7, 11) is 0. The molecule has 0 saturated carbocycles. The largest absolute Gasteiger partial charge is 0.390 e. The zero-order chi connectivity index (χ0) is 14.7. The number of hydrogen-bond donors (Lipinski definition) is 2. The highest BCUT2D eigenvalue weighted by Crippen LogP contribution is 2.12. The summed E-state index contributed by atoms with van der Waals surface area (Å²) in [6.45, 7) is 14.1. The molecule has 2 saturated heterocycles. The first-order valence-corrected chi connectivity index (χ1v) is 7.97. The number of ether oxygens (including phenoxy) is 1. The van der Waals surface area contributed by atoms with Crippen molar-refractivity contribution in [1.29, 1.82) is 0 Å². The van der Waals surface area contributed by atoms with E-state index in [1.807, 2.05) is 0 Å². The van der Waals surface area contributed by atoms with Crippen LogP contribution in [0, 0.1) is 0 Å². The predicted octanol–water partition coefficient (Wildman–Crippen LogP) is 0.139. The second-order valence-corrected chi connectivity index (χ2v) is 6.74. The van der Waals surface area contributed by atoms with Gasteiger partial charge < -0.3 is 15.2 Å². The molecule has 0 spiro atoms. The number of morpholine rings is 1. The third-order valence-corrected chi connectivity index (χ3v) is 4.30. The van der Waals surface area contributed by atoms with Crippen LogP contribution in [0.1, 0.15) is 27.7 Å². The van der Waals surface area contributed by atoms with Crippen LogP contribution in [0.2, 0.25) is 0 Å². The first kappa shape index (κ1) is 16.2. The molecule has 0 aliphatic carbocycles. The first-order chi connectivity index (χ1) is 9.44. The fourth-order valence-electron chi connectivity index (χ4n) is 3.41. The Labute approximate surface area is 123 Å². The Balaban J connectivity index is 1.78.